The van der Waals surface area contributed by atoms with Gasteiger partial charge in [0, 0.05) is 12.6 Å². The van der Waals surface area contributed by atoms with Gasteiger partial charge in [0.2, 0.25) is 10.0 Å². The summed E-state index contributed by atoms with van der Waals surface area (Å²) >= 11 is 6.09. The van der Waals surface area contributed by atoms with Crippen LogP contribution in [0.2, 0.25) is 5.02 Å². The van der Waals surface area contributed by atoms with Crippen LogP contribution in [0, 0.1) is 5.92 Å². The second-order valence-corrected chi connectivity index (χ2v) is 7.87. The van der Waals surface area contributed by atoms with E-state index < -0.39 is 10.0 Å². The standard InChI is InChI=1S/C15H23ClN2O2S/c1-3-17-10-12-5-7-14(16)15(9-12)21(19,20)18-13-6-4-11(2)8-13/h5,7,9,11,13,17-18H,3-4,6,8,10H2,1-2H3. The molecular formula is C15H23ClN2O2S. The molecule has 2 unspecified atom stereocenters. The van der Waals surface area contributed by atoms with Crippen LogP contribution < -0.4 is 10.0 Å². The molecule has 1 fully saturated rings. The maximum absolute atomic E-state index is 12.5. The quantitative estimate of drug-likeness (QED) is 0.843. The Morgan fingerprint density at radius 3 is 2.71 bits per heavy atom. The second-order valence-electron chi connectivity index (χ2n) is 5.78. The first-order valence-corrected chi connectivity index (χ1v) is 9.30. The second kappa shape index (κ2) is 7.09. The van der Waals surface area contributed by atoms with Crippen molar-refractivity contribution in [2.75, 3.05) is 6.54 Å². The van der Waals surface area contributed by atoms with E-state index in [1.807, 2.05) is 13.0 Å². The molecule has 1 saturated carbocycles. The lowest BCUT2D eigenvalue weighted by molar-refractivity contribution is 0.538. The molecule has 118 valence electrons. The van der Waals surface area contributed by atoms with Gasteiger partial charge in [0.05, 0.1) is 5.02 Å². The zero-order valence-electron chi connectivity index (χ0n) is 12.5. The number of benzene rings is 1. The summed E-state index contributed by atoms with van der Waals surface area (Å²) in [4.78, 5) is 0.180. The minimum absolute atomic E-state index is 0.0264. The highest BCUT2D eigenvalue weighted by Gasteiger charge is 2.27. The average Bonchev–Trinajstić information content (AvgIpc) is 2.82. The van der Waals surface area contributed by atoms with Gasteiger partial charge in [-0.1, -0.05) is 31.5 Å². The van der Waals surface area contributed by atoms with Crippen LogP contribution in [0.4, 0.5) is 0 Å². The Balaban J connectivity index is 2.18. The van der Waals surface area contributed by atoms with Crippen molar-refractivity contribution in [3.8, 4) is 0 Å². The minimum Gasteiger partial charge on any atom is -0.313 e. The van der Waals surface area contributed by atoms with Gasteiger partial charge in [0.1, 0.15) is 4.90 Å². The van der Waals surface area contributed by atoms with Gasteiger partial charge in [0.15, 0.2) is 0 Å². The molecule has 0 spiro atoms. The van der Waals surface area contributed by atoms with Crippen LogP contribution in [-0.4, -0.2) is 21.0 Å². The normalized spacial score (nSPS) is 22.6. The third-order valence-electron chi connectivity index (χ3n) is 3.88. The summed E-state index contributed by atoms with van der Waals surface area (Å²) in [6.45, 7) is 5.63. The monoisotopic (exact) mass is 330 g/mol. The van der Waals surface area contributed by atoms with Crippen molar-refractivity contribution in [3.05, 3.63) is 28.8 Å². The third kappa shape index (κ3) is 4.42. The van der Waals surface area contributed by atoms with Gasteiger partial charge in [-0.3, -0.25) is 0 Å². The number of nitrogens with one attached hydrogen (secondary N) is 2. The molecule has 0 heterocycles. The molecule has 1 aromatic rings. The SMILES string of the molecule is CCNCc1ccc(Cl)c(S(=O)(=O)NC2CCC(C)C2)c1. The molecule has 0 saturated heterocycles. The Labute approximate surface area is 132 Å². The first kappa shape index (κ1) is 16.7. The molecule has 1 aromatic carbocycles. The first-order chi connectivity index (χ1) is 9.92. The van der Waals surface area contributed by atoms with E-state index in [1.165, 1.54) is 0 Å². The van der Waals surface area contributed by atoms with Gasteiger partial charge in [0.25, 0.3) is 0 Å². The summed E-state index contributed by atoms with van der Waals surface area (Å²) in [6, 6.07) is 5.19. The number of sulfonamides is 1. The zero-order chi connectivity index (χ0) is 15.5. The molecule has 21 heavy (non-hydrogen) atoms. The summed E-state index contributed by atoms with van der Waals surface area (Å²) in [6.07, 6.45) is 2.87. The van der Waals surface area contributed by atoms with Crippen LogP contribution in [-0.2, 0) is 16.6 Å². The molecular weight excluding hydrogens is 308 g/mol. The van der Waals surface area contributed by atoms with Gasteiger partial charge in [-0.15, -0.1) is 0 Å². The number of hydrogen-bond acceptors (Lipinski definition) is 3. The number of hydrogen-bond donors (Lipinski definition) is 2. The maximum Gasteiger partial charge on any atom is 0.242 e. The van der Waals surface area contributed by atoms with Crippen LogP contribution in [0.5, 0.6) is 0 Å². The largest absolute Gasteiger partial charge is 0.313 e. The van der Waals surface area contributed by atoms with E-state index in [0.717, 1.165) is 31.4 Å². The average molecular weight is 331 g/mol. The van der Waals surface area contributed by atoms with E-state index in [1.54, 1.807) is 12.1 Å². The van der Waals surface area contributed by atoms with Crippen LogP contribution >= 0.6 is 11.6 Å². The highest BCUT2D eigenvalue weighted by atomic mass is 35.5. The predicted molar refractivity (Wildman–Crippen MR) is 86.0 cm³/mol. The molecule has 0 aliphatic heterocycles. The van der Waals surface area contributed by atoms with E-state index in [-0.39, 0.29) is 16.0 Å². The molecule has 0 radical (unpaired) electrons. The predicted octanol–water partition coefficient (Wildman–Crippen LogP) is 2.92. The molecule has 1 aliphatic carbocycles. The van der Waals surface area contributed by atoms with Crippen LogP contribution in [0.15, 0.2) is 23.1 Å². The van der Waals surface area contributed by atoms with Gasteiger partial charge in [-0.05, 0) is 49.4 Å². The fourth-order valence-corrected chi connectivity index (χ4v) is 4.56. The Bertz CT molecular complexity index is 589. The van der Waals surface area contributed by atoms with E-state index in [9.17, 15) is 8.42 Å². The smallest absolute Gasteiger partial charge is 0.242 e. The number of halogens is 1. The Morgan fingerprint density at radius 1 is 1.33 bits per heavy atom. The summed E-state index contributed by atoms with van der Waals surface area (Å²) in [5, 5.41) is 3.46. The van der Waals surface area contributed by atoms with Crippen LogP contribution in [0.3, 0.4) is 0 Å². The maximum atomic E-state index is 12.5. The molecule has 0 aromatic heterocycles. The molecule has 0 bridgehead atoms. The third-order valence-corrected chi connectivity index (χ3v) is 5.88. The van der Waals surface area contributed by atoms with Crippen LogP contribution in [0.1, 0.15) is 38.7 Å². The highest BCUT2D eigenvalue weighted by Crippen LogP contribution is 2.28. The van der Waals surface area contributed by atoms with Crippen molar-refractivity contribution in [3.63, 3.8) is 0 Å². The van der Waals surface area contributed by atoms with E-state index >= 15 is 0 Å². The van der Waals surface area contributed by atoms with Gasteiger partial charge in [-0.2, -0.15) is 0 Å². The van der Waals surface area contributed by atoms with E-state index in [0.29, 0.717) is 12.5 Å². The Morgan fingerprint density at radius 2 is 2.10 bits per heavy atom. The molecule has 0 amide bonds. The van der Waals surface area contributed by atoms with Gasteiger partial charge < -0.3 is 5.32 Å². The lowest BCUT2D eigenvalue weighted by Gasteiger charge is -2.15. The summed E-state index contributed by atoms with van der Waals surface area (Å²) in [7, 11) is -3.56. The summed E-state index contributed by atoms with van der Waals surface area (Å²) < 4.78 is 27.8. The molecule has 6 heteroatoms. The fraction of sp³-hybridized carbons (Fsp3) is 0.600. The fourth-order valence-electron chi connectivity index (χ4n) is 2.73. The van der Waals surface area contributed by atoms with Crippen molar-refractivity contribution in [1.29, 1.82) is 0 Å². The van der Waals surface area contributed by atoms with Crippen molar-refractivity contribution >= 4 is 21.6 Å². The lowest BCUT2D eigenvalue weighted by atomic mass is 10.1. The molecule has 1 aliphatic rings. The molecule has 2 atom stereocenters. The highest BCUT2D eigenvalue weighted by molar-refractivity contribution is 7.89. The molecule has 2 N–H and O–H groups in total. The zero-order valence-corrected chi connectivity index (χ0v) is 14.1. The molecule has 4 nitrogen and oxygen atoms in total. The minimum atomic E-state index is -3.56. The summed E-state index contributed by atoms with van der Waals surface area (Å²) in [5.74, 6) is 0.577. The first-order valence-electron chi connectivity index (χ1n) is 7.44. The topological polar surface area (TPSA) is 58.2 Å². The molecule has 2 rings (SSSR count). The van der Waals surface area contributed by atoms with E-state index in [2.05, 4.69) is 17.0 Å². The van der Waals surface area contributed by atoms with Crippen molar-refractivity contribution in [2.45, 2.75) is 50.6 Å². The van der Waals surface area contributed by atoms with Gasteiger partial charge in [-0.25, -0.2) is 13.1 Å². The van der Waals surface area contributed by atoms with E-state index in [4.69, 9.17) is 11.6 Å². The van der Waals surface area contributed by atoms with Gasteiger partial charge >= 0.3 is 0 Å². The lowest BCUT2D eigenvalue weighted by Crippen LogP contribution is -2.33. The Hall–Kier alpha value is -0.620. The van der Waals surface area contributed by atoms with Crippen molar-refractivity contribution in [2.24, 2.45) is 5.92 Å². The van der Waals surface area contributed by atoms with Crippen molar-refractivity contribution in [1.82, 2.24) is 10.0 Å². The summed E-state index contributed by atoms with van der Waals surface area (Å²) in [5.41, 5.74) is 0.918. The van der Waals surface area contributed by atoms with Crippen LogP contribution in [0.25, 0.3) is 0 Å². The van der Waals surface area contributed by atoms with Crippen molar-refractivity contribution < 1.29 is 8.42 Å². The number of rotatable bonds is 6. The Kier molecular flexibility index (Phi) is 5.66.